The fourth-order valence-corrected chi connectivity index (χ4v) is 1.14. The molecule has 1 atom stereocenters. The molecule has 0 unspecified atom stereocenters. The normalized spacial score (nSPS) is 25.2. The van der Waals surface area contributed by atoms with E-state index in [0.29, 0.717) is 6.04 Å². The highest BCUT2D eigenvalue weighted by Gasteiger charge is 2.05. The molecule has 1 heterocycles. The second-order valence-electron chi connectivity index (χ2n) is 2.59. The molecule has 0 aromatic rings. The second-order valence-corrected chi connectivity index (χ2v) is 2.59. The minimum absolute atomic E-state index is 0.685. The zero-order valence-corrected chi connectivity index (χ0v) is 6.06. The van der Waals surface area contributed by atoms with Crippen LogP contribution in [0.25, 0.3) is 0 Å². The van der Waals surface area contributed by atoms with Gasteiger partial charge in [0, 0.05) is 12.6 Å². The van der Waals surface area contributed by atoms with Gasteiger partial charge in [0.15, 0.2) is 0 Å². The summed E-state index contributed by atoms with van der Waals surface area (Å²) in [7, 11) is 0. The highest BCUT2D eigenvalue weighted by Crippen LogP contribution is 2.04. The van der Waals surface area contributed by atoms with Crippen molar-refractivity contribution < 1.29 is 0 Å². The Balaban J connectivity index is 2.05. The van der Waals surface area contributed by atoms with E-state index in [0.717, 1.165) is 6.54 Å². The molecular weight excluding hydrogens is 110 g/mol. The van der Waals surface area contributed by atoms with E-state index in [9.17, 15) is 0 Å². The Bertz CT molecular complexity index is 96.7. The van der Waals surface area contributed by atoms with Gasteiger partial charge in [-0.1, -0.05) is 31.9 Å². The molecule has 0 radical (unpaired) electrons. The number of nitrogens with one attached hydrogen (secondary N) is 1. The first-order chi connectivity index (χ1) is 4.43. The van der Waals surface area contributed by atoms with Crippen LogP contribution in [0.2, 0.25) is 0 Å². The fraction of sp³-hybridized carbons (Fsp3) is 0.750. The van der Waals surface area contributed by atoms with Crippen LogP contribution in [0.1, 0.15) is 26.2 Å². The lowest BCUT2D eigenvalue weighted by Crippen LogP contribution is -2.21. The predicted molar refractivity (Wildman–Crippen MR) is 40.5 cm³/mol. The molecule has 9 heavy (non-hydrogen) atoms. The molecule has 0 bridgehead atoms. The summed E-state index contributed by atoms with van der Waals surface area (Å²) < 4.78 is 0. The maximum absolute atomic E-state index is 3.38. The first-order valence-corrected chi connectivity index (χ1v) is 3.83. The van der Waals surface area contributed by atoms with Crippen molar-refractivity contribution in [2.75, 3.05) is 6.54 Å². The monoisotopic (exact) mass is 125 g/mol. The molecule has 1 rings (SSSR count). The Hall–Kier alpha value is -0.300. The van der Waals surface area contributed by atoms with E-state index in [1.54, 1.807) is 0 Å². The van der Waals surface area contributed by atoms with Crippen LogP contribution < -0.4 is 5.32 Å². The maximum Gasteiger partial charge on any atom is 0.0253 e. The molecule has 0 spiro atoms. The summed E-state index contributed by atoms with van der Waals surface area (Å²) in [4.78, 5) is 0. The van der Waals surface area contributed by atoms with Crippen LogP contribution in [-0.4, -0.2) is 12.6 Å². The van der Waals surface area contributed by atoms with E-state index in [4.69, 9.17) is 0 Å². The Labute approximate surface area is 57.1 Å². The molecule has 1 aliphatic rings. The van der Waals surface area contributed by atoms with Gasteiger partial charge in [0.05, 0.1) is 0 Å². The molecule has 0 aromatic carbocycles. The molecule has 0 saturated heterocycles. The zero-order chi connectivity index (χ0) is 6.53. The SMILES string of the molecule is CCCC[C@@H]1C=CCN1. The molecule has 1 N–H and O–H groups in total. The summed E-state index contributed by atoms with van der Waals surface area (Å²) in [6.07, 6.45) is 8.46. The number of hydrogen-bond donors (Lipinski definition) is 1. The Morgan fingerprint density at radius 2 is 2.56 bits per heavy atom. The van der Waals surface area contributed by atoms with Crippen molar-refractivity contribution >= 4 is 0 Å². The zero-order valence-electron chi connectivity index (χ0n) is 6.06. The number of unbranched alkanes of at least 4 members (excludes halogenated alkanes) is 1. The van der Waals surface area contributed by atoms with Crippen molar-refractivity contribution in [1.29, 1.82) is 0 Å². The minimum atomic E-state index is 0.685. The van der Waals surface area contributed by atoms with Gasteiger partial charge in [0.2, 0.25) is 0 Å². The lowest BCUT2D eigenvalue weighted by Gasteiger charge is -2.05. The largest absolute Gasteiger partial charge is 0.307 e. The van der Waals surface area contributed by atoms with Gasteiger partial charge >= 0.3 is 0 Å². The van der Waals surface area contributed by atoms with Crippen LogP contribution >= 0.6 is 0 Å². The van der Waals surface area contributed by atoms with Gasteiger partial charge in [0.25, 0.3) is 0 Å². The lowest BCUT2D eigenvalue weighted by molar-refractivity contribution is 0.582. The Kier molecular flexibility index (Phi) is 2.78. The van der Waals surface area contributed by atoms with Crippen LogP contribution in [0.5, 0.6) is 0 Å². The van der Waals surface area contributed by atoms with Gasteiger partial charge in [-0.25, -0.2) is 0 Å². The third-order valence-corrected chi connectivity index (χ3v) is 1.73. The van der Waals surface area contributed by atoms with Gasteiger partial charge in [-0.2, -0.15) is 0 Å². The molecule has 1 aliphatic heterocycles. The smallest absolute Gasteiger partial charge is 0.0253 e. The molecule has 0 aromatic heterocycles. The van der Waals surface area contributed by atoms with Crippen LogP contribution in [0, 0.1) is 0 Å². The van der Waals surface area contributed by atoms with E-state index >= 15 is 0 Å². The number of rotatable bonds is 3. The first-order valence-electron chi connectivity index (χ1n) is 3.83. The van der Waals surface area contributed by atoms with Crippen molar-refractivity contribution in [3.8, 4) is 0 Å². The first kappa shape index (κ1) is 6.81. The van der Waals surface area contributed by atoms with Gasteiger partial charge < -0.3 is 5.32 Å². The Morgan fingerprint density at radius 1 is 1.67 bits per heavy atom. The van der Waals surface area contributed by atoms with Gasteiger partial charge in [-0.05, 0) is 6.42 Å². The van der Waals surface area contributed by atoms with Gasteiger partial charge in [-0.15, -0.1) is 0 Å². The van der Waals surface area contributed by atoms with E-state index in [2.05, 4.69) is 24.4 Å². The molecule has 0 aliphatic carbocycles. The van der Waals surface area contributed by atoms with E-state index < -0.39 is 0 Å². The minimum Gasteiger partial charge on any atom is -0.307 e. The van der Waals surface area contributed by atoms with Crippen molar-refractivity contribution in [2.24, 2.45) is 0 Å². The van der Waals surface area contributed by atoms with Crippen molar-refractivity contribution in [3.63, 3.8) is 0 Å². The quantitative estimate of drug-likeness (QED) is 0.566. The fourth-order valence-electron chi connectivity index (χ4n) is 1.14. The molecule has 0 amide bonds. The summed E-state index contributed by atoms with van der Waals surface area (Å²) >= 11 is 0. The molecular formula is C8H15N. The van der Waals surface area contributed by atoms with Gasteiger partial charge in [0.1, 0.15) is 0 Å². The molecule has 0 saturated carbocycles. The summed E-state index contributed by atoms with van der Waals surface area (Å²) in [6, 6.07) is 0.685. The van der Waals surface area contributed by atoms with E-state index in [1.807, 2.05) is 0 Å². The summed E-state index contributed by atoms with van der Waals surface area (Å²) in [5.41, 5.74) is 0. The van der Waals surface area contributed by atoms with Crippen LogP contribution in [0.4, 0.5) is 0 Å². The van der Waals surface area contributed by atoms with Crippen molar-refractivity contribution in [1.82, 2.24) is 5.32 Å². The topological polar surface area (TPSA) is 12.0 Å². The van der Waals surface area contributed by atoms with E-state index in [1.165, 1.54) is 19.3 Å². The van der Waals surface area contributed by atoms with Crippen LogP contribution in [0.15, 0.2) is 12.2 Å². The van der Waals surface area contributed by atoms with Crippen LogP contribution in [-0.2, 0) is 0 Å². The second kappa shape index (κ2) is 3.67. The third-order valence-electron chi connectivity index (χ3n) is 1.73. The van der Waals surface area contributed by atoms with Crippen molar-refractivity contribution in [3.05, 3.63) is 12.2 Å². The summed E-state index contributed by atoms with van der Waals surface area (Å²) in [5, 5.41) is 3.38. The third kappa shape index (κ3) is 2.19. The number of hydrogen-bond acceptors (Lipinski definition) is 1. The van der Waals surface area contributed by atoms with Crippen molar-refractivity contribution in [2.45, 2.75) is 32.2 Å². The summed E-state index contributed by atoms with van der Waals surface area (Å²) in [5.74, 6) is 0. The highest BCUT2D eigenvalue weighted by atomic mass is 14.9. The molecule has 0 fully saturated rings. The average molecular weight is 125 g/mol. The molecule has 1 heteroatoms. The van der Waals surface area contributed by atoms with Crippen LogP contribution in [0.3, 0.4) is 0 Å². The van der Waals surface area contributed by atoms with Gasteiger partial charge in [-0.3, -0.25) is 0 Å². The highest BCUT2D eigenvalue weighted by molar-refractivity contribution is 5.01. The predicted octanol–water partition coefficient (Wildman–Crippen LogP) is 1.70. The summed E-state index contributed by atoms with van der Waals surface area (Å²) in [6.45, 7) is 3.31. The maximum atomic E-state index is 3.38. The standard InChI is InChI=1S/C8H15N/c1-2-3-5-8-6-4-7-9-8/h4,6,8-9H,2-3,5,7H2,1H3/t8-/m1/s1. The average Bonchev–Trinajstić information content (AvgIpc) is 2.34. The lowest BCUT2D eigenvalue weighted by atomic mass is 10.1. The van der Waals surface area contributed by atoms with E-state index in [-0.39, 0.29) is 0 Å². The Morgan fingerprint density at radius 3 is 3.11 bits per heavy atom. The molecule has 1 nitrogen and oxygen atoms in total. The molecule has 52 valence electrons.